The van der Waals surface area contributed by atoms with Gasteiger partial charge in [0.25, 0.3) is 0 Å². The van der Waals surface area contributed by atoms with Crippen molar-refractivity contribution in [1.29, 1.82) is 0 Å². The lowest BCUT2D eigenvalue weighted by Crippen LogP contribution is -2.37. The molecule has 1 aromatic carbocycles. The number of hydrogen-bond acceptors (Lipinski definition) is 2. The lowest BCUT2D eigenvalue weighted by atomic mass is 9.82. The van der Waals surface area contributed by atoms with E-state index in [1.165, 1.54) is 38.6 Å². The first-order valence-corrected chi connectivity index (χ1v) is 9.23. The fraction of sp³-hybridized carbons (Fsp3) is 0.632. The van der Waals surface area contributed by atoms with E-state index in [1.807, 2.05) is 22.8 Å². The second-order valence-electron chi connectivity index (χ2n) is 7.33. The van der Waals surface area contributed by atoms with Crippen LogP contribution < -0.4 is 5.69 Å². The lowest BCUT2D eigenvalue weighted by molar-refractivity contribution is 0.175. The maximum atomic E-state index is 12.3. The molecule has 1 aliphatic heterocycles. The Balaban J connectivity index is 1.35. The van der Waals surface area contributed by atoms with Crippen LogP contribution >= 0.6 is 0 Å². The molecule has 1 saturated carbocycles. The summed E-state index contributed by atoms with van der Waals surface area (Å²) >= 11 is 0. The first-order chi connectivity index (χ1) is 11.3. The maximum absolute atomic E-state index is 12.3. The van der Waals surface area contributed by atoms with Gasteiger partial charge >= 0.3 is 5.69 Å². The zero-order valence-electron chi connectivity index (χ0n) is 13.8. The molecule has 4 rings (SSSR count). The number of para-hydroxylation sites is 2. The number of H-pyrrole nitrogens is 1. The van der Waals surface area contributed by atoms with Gasteiger partial charge in [-0.25, -0.2) is 4.79 Å². The van der Waals surface area contributed by atoms with Gasteiger partial charge in [-0.1, -0.05) is 31.4 Å². The Bertz CT molecular complexity index is 705. The average molecular weight is 313 g/mol. The smallest absolute Gasteiger partial charge is 0.306 e. The molecule has 1 aromatic heterocycles. The summed E-state index contributed by atoms with van der Waals surface area (Å²) in [6.45, 7) is 3.49. The van der Waals surface area contributed by atoms with Gasteiger partial charge in [0.1, 0.15) is 0 Å². The van der Waals surface area contributed by atoms with Gasteiger partial charge in [0.2, 0.25) is 0 Å². The van der Waals surface area contributed by atoms with Gasteiger partial charge in [-0.15, -0.1) is 0 Å². The fourth-order valence-electron chi connectivity index (χ4n) is 4.22. The van der Waals surface area contributed by atoms with Crippen molar-refractivity contribution in [3.8, 4) is 0 Å². The number of imidazole rings is 1. The highest BCUT2D eigenvalue weighted by Crippen LogP contribution is 2.31. The van der Waals surface area contributed by atoms with Crippen LogP contribution in [-0.2, 0) is 0 Å². The summed E-state index contributed by atoms with van der Waals surface area (Å²) in [4.78, 5) is 17.9. The third kappa shape index (κ3) is 3.09. The Morgan fingerprint density at radius 1 is 1.09 bits per heavy atom. The topological polar surface area (TPSA) is 41.0 Å². The minimum atomic E-state index is 0.0506. The minimum absolute atomic E-state index is 0.0506. The van der Waals surface area contributed by atoms with Crippen LogP contribution in [0.1, 0.15) is 51.0 Å². The van der Waals surface area contributed by atoms with Crippen molar-refractivity contribution in [2.24, 2.45) is 5.92 Å². The lowest BCUT2D eigenvalue weighted by Gasteiger charge is -2.33. The summed E-state index contributed by atoms with van der Waals surface area (Å²) in [6.07, 6.45) is 9.33. The minimum Gasteiger partial charge on any atom is -0.306 e. The summed E-state index contributed by atoms with van der Waals surface area (Å²) in [5.74, 6) is 1.03. The van der Waals surface area contributed by atoms with Crippen molar-refractivity contribution in [1.82, 2.24) is 14.5 Å². The van der Waals surface area contributed by atoms with Crippen molar-refractivity contribution < 1.29 is 0 Å². The molecule has 1 saturated heterocycles. The van der Waals surface area contributed by atoms with E-state index >= 15 is 0 Å². The van der Waals surface area contributed by atoms with E-state index < -0.39 is 0 Å². The predicted molar refractivity (Wildman–Crippen MR) is 93.8 cm³/mol. The normalized spacial score (nSPS) is 20.9. The molecule has 2 fully saturated rings. The van der Waals surface area contributed by atoms with Crippen LogP contribution in [0.3, 0.4) is 0 Å². The Kier molecular flexibility index (Phi) is 4.25. The van der Waals surface area contributed by atoms with Crippen molar-refractivity contribution in [3.05, 3.63) is 34.7 Å². The molecular formula is C19H27N3O. The SMILES string of the molecule is O=c1[nH]c2ccccc2n1C1CCN(CCCC2CCC2)CC1. The van der Waals surface area contributed by atoms with Crippen molar-refractivity contribution in [2.75, 3.05) is 19.6 Å². The first kappa shape index (κ1) is 15.0. The molecule has 4 nitrogen and oxygen atoms in total. The molecule has 0 spiro atoms. The second-order valence-corrected chi connectivity index (χ2v) is 7.33. The van der Waals surface area contributed by atoms with Crippen LogP contribution in [0.5, 0.6) is 0 Å². The molecule has 124 valence electrons. The summed E-state index contributed by atoms with van der Waals surface area (Å²) in [6, 6.07) is 8.39. The summed E-state index contributed by atoms with van der Waals surface area (Å²) in [5, 5.41) is 0. The fourth-order valence-corrected chi connectivity index (χ4v) is 4.22. The number of benzene rings is 1. The number of nitrogens with one attached hydrogen (secondary N) is 1. The van der Waals surface area contributed by atoms with E-state index in [2.05, 4.69) is 16.0 Å². The second kappa shape index (κ2) is 6.52. The van der Waals surface area contributed by atoms with E-state index in [0.29, 0.717) is 6.04 Å². The van der Waals surface area contributed by atoms with Crippen molar-refractivity contribution in [2.45, 2.75) is 51.0 Å². The van der Waals surface area contributed by atoms with E-state index in [9.17, 15) is 4.79 Å². The molecular weight excluding hydrogens is 286 g/mol. The zero-order valence-corrected chi connectivity index (χ0v) is 13.8. The number of fused-ring (bicyclic) bond motifs is 1. The van der Waals surface area contributed by atoms with E-state index in [-0.39, 0.29) is 5.69 Å². The Morgan fingerprint density at radius 3 is 2.61 bits per heavy atom. The number of aromatic amines is 1. The number of piperidine rings is 1. The third-order valence-electron chi connectivity index (χ3n) is 5.86. The Morgan fingerprint density at radius 2 is 1.87 bits per heavy atom. The van der Waals surface area contributed by atoms with Gasteiger partial charge in [0.05, 0.1) is 11.0 Å². The molecule has 23 heavy (non-hydrogen) atoms. The zero-order chi connectivity index (χ0) is 15.6. The van der Waals surface area contributed by atoms with E-state index in [0.717, 1.165) is 42.9 Å². The first-order valence-electron chi connectivity index (χ1n) is 9.23. The quantitative estimate of drug-likeness (QED) is 0.917. The summed E-state index contributed by atoms with van der Waals surface area (Å²) in [5.41, 5.74) is 2.07. The molecule has 0 bridgehead atoms. The van der Waals surface area contributed by atoms with Gasteiger partial charge in [-0.2, -0.15) is 0 Å². The van der Waals surface area contributed by atoms with Crippen molar-refractivity contribution >= 4 is 11.0 Å². The van der Waals surface area contributed by atoms with Gasteiger partial charge in [0.15, 0.2) is 0 Å². The molecule has 0 radical (unpaired) electrons. The Labute approximate surface area is 137 Å². The van der Waals surface area contributed by atoms with E-state index in [4.69, 9.17) is 0 Å². The van der Waals surface area contributed by atoms with Gasteiger partial charge in [0, 0.05) is 19.1 Å². The molecule has 0 unspecified atom stereocenters. The van der Waals surface area contributed by atoms with Gasteiger partial charge < -0.3 is 9.88 Å². The third-order valence-corrected chi connectivity index (χ3v) is 5.86. The van der Waals surface area contributed by atoms with E-state index in [1.54, 1.807) is 0 Å². The monoisotopic (exact) mass is 313 g/mol. The molecule has 2 aromatic rings. The molecule has 4 heteroatoms. The number of rotatable bonds is 5. The molecule has 2 heterocycles. The molecule has 1 aliphatic carbocycles. The average Bonchev–Trinajstić information content (AvgIpc) is 2.86. The number of aromatic nitrogens is 2. The summed E-state index contributed by atoms with van der Waals surface area (Å²) < 4.78 is 1.99. The molecule has 2 aliphatic rings. The van der Waals surface area contributed by atoms with Crippen molar-refractivity contribution in [3.63, 3.8) is 0 Å². The molecule has 0 atom stereocenters. The summed E-state index contributed by atoms with van der Waals surface area (Å²) in [7, 11) is 0. The molecule has 0 amide bonds. The number of likely N-dealkylation sites (tertiary alicyclic amines) is 1. The van der Waals surface area contributed by atoms with Gasteiger partial charge in [-0.3, -0.25) is 4.57 Å². The van der Waals surface area contributed by atoms with Crippen LogP contribution in [0.15, 0.2) is 29.1 Å². The number of nitrogens with zero attached hydrogens (tertiary/aromatic N) is 2. The highest BCUT2D eigenvalue weighted by atomic mass is 16.1. The van der Waals surface area contributed by atoms with Crippen LogP contribution in [0.4, 0.5) is 0 Å². The van der Waals surface area contributed by atoms with Gasteiger partial charge in [-0.05, 0) is 50.3 Å². The highest BCUT2D eigenvalue weighted by molar-refractivity contribution is 5.75. The van der Waals surface area contributed by atoms with Crippen LogP contribution in [0, 0.1) is 5.92 Å². The Hall–Kier alpha value is -1.55. The van der Waals surface area contributed by atoms with Crippen LogP contribution in [-0.4, -0.2) is 34.1 Å². The predicted octanol–water partition coefficient (Wildman–Crippen LogP) is 3.55. The standard InChI is InChI=1S/C19H27N3O/c23-19-20-17-8-1-2-9-18(17)22(19)16-10-13-21(14-11-16)12-4-7-15-5-3-6-15/h1-2,8-9,15-16H,3-7,10-14H2,(H,20,23). The largest absolute Gasteiger partial charge is 0.326 e. The van der Waals surface area contributed by atoms with Crippen LogP contribution in [0.2, 0.25) is 0 Å². The maximum Gasteiger partial charge on any atom is 0.326 e. The number of hydrogen-bond donors (Lipinski definition) is 1. The molecule has 1 N–H and O–H groups in total. The van der Waals surface area contributed by atoms with Crippen LogP contribution in [0.25, 0.3) is 11.0 Å². The highest BCUT2D eigenvalue weighted by Gasteiger charge is 2.24.